The van der Waals surface area contributed by atoms with Gasteiger partial charge in [-0.25, -0.2) is 4.98 Å². The van der Waals surface area contributed by atoms with Crippen molar-refractivity contribution in [1.29, 1.82) is 0 Å². The SMILES string of the molecule is O=C(O)CCc1ncc(Cc2ccccc2)o1. The number of hydrogen-bond acceptors (Lipinski definition) is 3. The minimum absolute atomic E-state index is 0.0469. The zero-order chi connectivity index (χ0) is 12.1. The number of carboxylic acids is 1. The van der Waals surface area contributed by atoms with Gasteiger partial charge in [0.15, 0.2) is 5.89 Å². The van der Waals surface area contributed by atoms with E-state index in [0.29, 0.717) is 18.7 Å². The predicted molar refractivity (Wildman–Crippen MR) is 61.7 cm³/mol. The number of carbonyl (C=O) groups is 1. The summed E-state index contributed by atoms with van der Waals surface area (Å²) in [6, 6.07) is 9.93. The molecule has 0 unspecified atom stereocenters. The molecule has 4 heteroatoms. The molecule has 0 aliphatic carbocycles. The van der Waals surface area contributed by atoms with Crippen LogP contribution < -0.4 is 0 Å². The highest BCUT2D eigenvalue weighted by atomic mass is 16.4. The van der Waals surface area contributed by atoms with Gasteiger partial charge in [-0.1, -0.05) is 30.3 Å². The fraction of sp³-hybridized carbons (Fsp3) is 0.231. The zero-order valence-corrected chi connectivity index (χ0v) is 9.30. The molecule has 2 aromatic rings. The molecule has 0 fully saturated rings. The summed E-state index contributed by atoms with van der Waals surface area (Å²) in [5.41, 5.74) is 1.15. The van der Waals surface area contributed by atoms with Crippen LogP contribution in [0.5, 0.6) is 0 Å². The lowest BCUT2D eigenvalue weighted by Gasteiger charge is -1.96. The van der Waals surface area contributed by atoms with E-state index in [1.807, 2.05) is 30.3 Å². The monoisotopic (exact) mass is 231 g/mol. The van der Waals surface area contributed by atoms with Gasteiger partial charge in [-0.15, -0.1) is 0 Å². The first-order valence-electron chi connectivity index (χ1n) is 5.43. The average Bonchev–Trinajstić information content (AvgIpc) is 2.75. The van der Waals surface area contributed by atoms with Gasteiger partial charge < -0.3 is 9.52 Å². The fourth-order valence-electron chi connectivity index (χ4n) is 1.56. The molecule has 88 valence electrons. The van der Waals surface area contributed by atoms with Gasteiger partial charge >= 0.3 is 5.97 Å². The molecule has 1 aromatic carbocycles. The van der Waals surface area contributed by atoms with Crippen molar-refractivity contribution in [2.45, 2.75) is 19.3 Å². The molecular formula is C13H13NO3. The van der Waals surface area contributed by atoms with Crippen molar-refractivity contribution in [3.63, 3.8) is 0 Å². The molecule has 2 rings (SSSR count). The highest BCUT2D eigenvalue weighted by Gasteiger charge is 2.06. The van der Waals surface area contributed by atoms with Gasteiger partial charge in [-0.3, -0.25) is 4.79 Å². The molecule has 1 heterocycles. The van der Waals surface area contributed by atoms with Crippen molar-refractivity contribution < 1.29 is 14.3 Å². The van der Waals surface area contributed by atoms with E-state index in [1.54, 1.807) is 6.20 Å². The summed E-state index contributed by atoms with van der Waals surface area (Å²) >= 11 is 0. The molecule has 1 N–H and O–H groups in total. The third kappa shape index (κ3) is 3.45. The Morgan fingerprint density at radius 1 is 1.29 bits per heavy atom. The number of aliphatic carboxylic acids is 1. The second-order valence-electron chi connectivity index (χ2n) is 3.78. The van der Waals surface area contributed by atoms with Gasteiger partial charge in [0.2, 0.25) is 0 Å². The molecule has 0 aliphatic heterocycles. The molecule has 4 nitrogen and oxygen atoms in total. The number of aryl methyl sites for hydroxylation is 1. The van der Waals surface area contributed by atoms with Gasteiger partial charge in [0.1, 0.15) is 5.76 Å². The summed E-state index contributed by atoms with van der Waals surface area (Å²) in [7, 11) is 0. The molecule has 0 amide bonds. The summed E-state index contributed by atoms with van der Waals surface area (Å²) in [6.07, 6.45) is 2.72. The van der Waals surface area contributed by atoms with Crippen LogP contribution in [0.1, 0.15) is 23.6 Å². The van der Waals surface area contributed by atoms with Crippen LogP contribution in [0.4, 0.5) is 0 Å². The van der Waals surface area contributed by atoms with Crippen LogP contribution in [-0.4, -0.2) is 16.1 Å². The van der Waals surface area contributed by atoms with Crippen LogP contribution in [-0.2, 0) is 17.6 Å². The third-order valence-corrected chi connectivity index (χ3v) is 2.38. The highest BCUT2D eigenvalue weighted by Crippen LogP contribution is 2.11. The first-order chi connectivity index (χ1) is 8.24. The molecule has 0 bridgehead atoms. The molecule has 0 radical (unpaired) electrons. The summed E-state index contributed by atoms with van der Waals surface area (Å²) in [4.78, 5) is 14.5. The van der Waals surface area contributed by atoms with Crippen molar-refractivity contribution >= 4 is 5.97 Å². The van der Waals surface area contributed by atoms with Gasteiger partial charge in [0, 0.05) is 12.8 Å². The lowest BCUT2D eigenvalue weighted by Crippen LogP contribution is -1.97. The van der Waals surface area contributed by atoms with Gasteiger partial charge in [-0.2, -0.15) is 0 Å². The number of benzene rings is 1. The Bertz CT molecular complexity index is 490. The molecule has 0 atom stereocenters. The maximum Gasteiger partial charge on any atom is 0.303 e. The smallest absolute Gasteiger partial charge is 0.303 e. The Morgan fingerprint density at radius 3 is 2.76 bits per heavy atom. The highest BCUT2D eigenvalue weighted by molar-refractivity contribution is 5.66. The normalized spacial score (nSPS) is 10.4. The van der Waals surface area contributed by atoms with Gasteiger partial charge in [0.05, 0.1) is 12.6 Å². The van der Waals surface area contributed by atoms with Crippen LogP contribution in [0, 0.1) is 0 Å². The first kappa shape index (κ1) is 11.4. The van der Waals surface area contributed by atoms with E-state index < -0.39 is 5.97 Å². The molecule has 0 saturated carbocycles. The lowest BCUT2D eigenvalue weighted by molar-refractivity contribution is -0.137. The van der Waals surface area contributed by atoms with Crippen molar-refractivity contribution in [2.24, 2.45) is 0 Å². The van der Waals surface area contributed by atoms with Crippen molar-refractivity contribution in [3.8, 4) is 0 Å². The van der Waals surface area contributed by atoms with E-state index in [0.717, 1.165) is 11.3 Å². The summed E-state index contributed by atoms with van der Waals surface area (Å²) in [6.45, 7) is 0. The van der Waals surface area contributed by atoms with Crippen LogP contribution in [0.15, 0.2) is 40.9 Å². The minimum Gasteiger partial charge on any atom is -0.481 e. The minimum atomic E-state index is -0.840. The maximum absolute atomic E-state index is 10.4. The number of rotatable bonds is 5. The van der Waals surface area contributed by atoms with Crippen LogP contribution in [0.25, 0.3) is 0 Å². The largest absolute Gasteiger partial charge is 0.481 e. The molecule has 1 aromatic heterocycles. The zero-order valence-electron chi connectivity index (χ0n) is 9.30. The fourth-order valence-corrected chi connectivity index (χ4v) is 1.56. The van der Waals surface area contributed by atoms with E-state index in [1.165, 1.54) is 0 Å². The van der Waals surface area contributed by atoms with Gasteiger partial charge in [-0.05, 0) is 5.56 Å². The Kier molecular flexibility index (Phi) is 3.55. The standard InChI is InChI=1S/C13H13NO3/c15-13(16)7-6-12-14-9-11(17-12)8-10-4-2-1-3-5-10/h1-5,9H,6-8H2,(H,15,16). The Labute approximate surface area is 98.9 Å². The second kappa shape index (κ2) is 5.30. The van der Waals surface area contributed by atoms with E-state index in [-0.39, 0.29) is 6.42 Å². The van der Waals surface area contributed by atoms with E-state index in [2.05, 4.69) is 4.98 Å². The molecule has 0 saturated heterocycles. The number of nitrogens with zero attached hydrogens (tertiary/aromatic N) is 1. The van der Waals surface area contributed by atoms with Crippen LogP contribution in [0.2, 0.25) is 0 Å². The summed E-state index contributed by atoms with van der Waals surface area (Å²) in [5, 5.41) is 8.55. The topological polar surface area (TPSA) is 63.3 Å². The third-order valence-electron chi connectivity index (χ3n) is 2.38. The Morgan fingerprint density at radius 2 is 2.06 bits per heavy atom. The lowest BCUT2D eigenvalue weighted by atomic mass is 10.1. The quantitative estimate of drug-likeness (QED) is 0.857. The average molecular weight is 231 g/mol. The molecular weight excluding hydrogens is 218 g/mol. The number of oxazole rings is 1. The summed E-state index contributed by atoms with van der Waals surface area (Å²) in [5.74, 6) is 0.405. The molecule has 0 spiro atoms. The van der Waals surface area contributed by atoms with Crippen LogP contribution >= 0.6 is 0 Å². The predicted octanol–water partition coefficient (Wildman–Crippen LogP) is 2.28. The van der Waals surface area contributed by atoms with E-state index in [9.17, 15) is 4.79 Å². The Balaban J connectivity index is 1.97. The first-order valence-corrected chi connectivity index (χ1v) is 5.43. The van der Waals surface area contributed by atoms with Crippen molar-refractivity contribution in [1.82, 2.24) is 4.98 Å². The molecule has 17 heavy (non-hydrogen) atoms. The van der Waals surface area contributed by atoms with Crippen molar-refractivity contribution in [3.05, 3.63) is 53.7 Å². The van der Waals surface area contributed by atoms with Gasteiger partial charge in [0.25, 0.3) is 0 Å². The van der Waals surface area contributed by atoms with Crippen LogP contribution in [0.3, 0.4) is 0 Å². The summed E-state index contributed by atoms with van der Waals surface area (Å²) < 4.78 is 5.46. The number of hydrogen-bond donors (Lipinski definition) is 1. The van der Waals surface area contributed by atoms with Crippen molar-refractivity contribution in [2.75, 3.05) is 0 Å². The number of carboxylic acid groups (broad SMARTS) is 1. The maximum atomic E-state index is 10.4. The van der Waals surface area contributed by atoms with E-state index >= 15 is 0 Å². The Hall–Kier alpha value is -2.10. The number of aromatic nitrogens is 1. The van der Waals surface area contributed by atoms with E-state index in [4.69, 9.17) is 9.52 Å². The molecule has 0 aliphatic rings. The second-order valence-corrected chi connectivity index (χ2v) is 3.78.